The van der Waals surface area contributed by atoms with Crippen LogP contribution >= 0.6 is 0 Å². The molecule has 0 aromatic heterocycles. The molecule has 1 aromatic rings. The molecule has 0 atom stereocenters. The fourth-order valence-electron chi connectivity index (χ4n) is 4.73. The van der Waals surface area contributed by atoms with Gasteiger partial charge in [0.15, 0.2) is 11.6 Å². The molecule has 0 radical (unpaired) electrons. The van der Waals surface area contributed by atoms with E-state index < -0.39 is 11.6 Å². The number of aryl methyl sites for hydroxylation is 1. The van der Waals surface area contributed by atoms with Crippen LogP contribution in [0.5, 0.6) is 0 Å². The van der Waals surface area contributed by atoms with E-state index in [-0.39, 0.29) is 5.56 Å². The van der Waals surface area contributed by atoms with E-state index in [9.17, 15) is 8.78 Å². The second-order valence-electron chi connectivity index (χ2n) is 8.13. The summed E-state index contributed by atoms with van der Waals surface area (Å²) in [5.74, 6) is 7.62. The average molecular weight is 344 g/mol. The second kappa shape index (κ2) is 8.35. The summed E-state index contributed by atoms with van der Waals surface area (Å²) in [6.45, 7) is 3.89. The molecule has 0 nitrogen and oxygen atoms in total. The molecule has 2 heteroatoms. The van der Waals surface area contributed by atoms with Crippen LogP contribution in [0.2, 0.25) is 0 Å². The Hall–Kier alpha value is -1.36. The predicted molar refractivity (Wildman–Crippen MR) is 99.2 cm³/mol. The minimum atomic E-state index is -0.797. The van der Waals surface area contributed by atoms with E-state index in [1.54, 1.807) is 19.1 Å². The Morgan fingerprint density at radius 2 is 1.48 bits per heavy atom. The fourth-order valence-corrected chi connectivity index (χ4v) is 4.73. The van der Waals surface area contributed by atoms with E-state index in [0.717, 1.165) is 30.6 Å². The van der Waals surface area contributed by atoms with E-state index in [2.05, 4.69) is 18.8 Å². The maximum Gasteiger partial charge on any atom is 0.174 e. The van der Waals surface area contributed by atoms with Crippen molar-refractivity contribution in [1.82, 2.24) is 0 Å². The molecule has 136 valence electrons. The number of rotatable bonds is 2. The highest BCUT2D eigenvalue weighted by atomic mass is 19.2. The highest BCUT2D eigenvalue weighted by Gasteiger charge is 2.30. The summed E-state index contributed by atoms with van der Waals surface area (Å²) in [6, 6.07) is 3.20. The quantitative estimate of drug-likeness (QED) is 0.527. The predicted octanol–water partition coefficient (Wildman–Crippen LogP) is 6.65. The lowest BCUT2D eigenvalue weighted by atomic mass is 9.69. The smallest absolute Gasteiger partial charge is 0.174 e. The first-order valence-corrected chi connectivity index (χ1v) is 10.0. The van der Waals surface area contributed by atoms with E-state index >= 15 is 0 Å². The Balaban J connectivity index is 1.53. The zero-order chi connectivity index (χ0) is 17.8. The first-order chi connectivity index (χ1) is 12.1. The van der Waals surface area contributed by atoms with Crippen LogP contribution in [0.15, 0.2) is 12.1 Å². The van der Waals surface area contributed by atoms with Crippen molar-refractivity contribution in [2.24, 2.45) is 23.7 Å². The highest BCUT2D eigenvalue weighted by Crippen LogP contribution is 2.41. The van der Waals surface area contributed by atoms with Gasteiger partial charge in [0, 0.05) is 5.92 Å². The largest absolute Gasteiger partial charge is 0.203 e. The lowest BCUT2D eigenvalue weighted by Crippen LogP contribution is -2.25. The van der Waals surface area contributed by atoms with Crippen molar-refractivity contribution in [1.29, 1.82) is 0 Å². The number of hydrogen-bond donors (Lipinski definition) is 0. The van der Waals surface area contributed by atoms with Crippen LogP contribution in [0, 0.1) is 54.1 Å². The molecular formula is C23H30F2. The van der Waals surface area contributed by atoms with Crippen molar-refractivity contribution >= 4 is 0 Å². The lowest BCUT2D eigenvalue weighted by molar-refractivity contribution is 0.156. The monoisotopic (exact) mass is 344 g/mol. The maximum atomic E-state index is 13.9. The Morgan fingerprint density at radius 3 is 2.08 bits per heavy atom. The summed E-state index contributed by atoms with van der Waals surface area (Å²) < 4.78 is 27.5. The van der Waals surface area contributed by atoms with Gasteiger partial charge in [-0.15, -0.1) is 0 Å². The van der Waals surface area contributed by atoms with Crippen LogP contribution in [0.3, 0.4) is 0 Å². The summed E-state index contributed by atoms with van der Waals surface area (Å²) >= 11 is 0. The number of hydrogen-bond acceptors (Lipinski definition) is 0. The Kier molecular flexibility index (Phi) is 6.15. The molecular weight excluding hydrogens is 314 g/mol. The molecule has 0 aliphatic heterocycles. The third kappa shape index (κ3) is 4.43. The minimum Gasteiger partial charge on any atom is -0.203 e. The molecule has 2 saturated carbocycles. The van der Waals surface area contributed by atoms with Crippen LogP contribution in [0.25, 0.3) is 0 Å². The standard InChI is InChI=1S/C23H30F2/c1-3-17-5-11-19(12-6-17)20-13-7-18(8-14-20)9-15-21-10-4-16(2)22(24)23(21)25/h4,10,17-20H,3,5-8,11-14H2,1-2H3/t17-,18?,19-,20?. The molecule has 2 aliphatic rings. The van der Waals surface area contributed by atoms with Gasteiger partial charge in [-0.3, -0.25) is 0 Å². The summed E-state index contributed by atoms with van der Waals surface area (Å²) in [7, 11) is 0. The van der Waals surface area contributed by atoms with Crippen molar-refractivity contribution in [3.05, 3.63) is 34.9 Å². The van der Waals surface area contributed by atoms with E-state index in [0.29, 0.717) is 11.5 Å². The molecule has 0 unspecified atom stereocenters. The maximum absolute atomic E-state index is 13.9. The molecule has 0 heterocycles. The van der Waals surface area contributed by atoms with Gasteiger partial charge in [0.05, 0.1) is 5.56 Å². The van der Waals surface area contributed by atoms with E-state index in [1.165, 1.54) is 44.9 Å². The van der Waals surface area contributed by atoms with Crippen LogP contribution in [-0.2, 0) is 0 Å². The van der Waals surface area contributed by atoms with Gasteiger partial charge in [0.25, 0.3) is 0 Å². The molecule has 3 rings (SSSR count). The topological polar surface area (TPSA) is 0 Å². The highest BCUT2D eigenvalue weighted by molar-refractivity contribution is 5.38. The van der Waals surface area contributed by atoms with Gasteiger partial charge >= 0.3 is 0 Å². The van der Waals surface area contributed by atoms with Crippen molar-refractivity contribution in [2.45, 2.75) is 71.6 Å². The van der Waals surface area contributed by atoms with Crippen LogP contribution < -0.4 is 0 Å². The molecule has 2 aliphatic carbocycles. The molecule has 25 heavy (non-hydrogen) atoms. The summed E-state index contributed by atoms with van der Waals surface area (Å²) in [6.07, 6.45) is 11.7. The van der Waals surface area contributed by atoms with Crippen molar-refractivity contribution in [3.8, 4) is 11.8 Å². The molecule has 0 N–H and O–H groups in total. The number of benzene rings is 1. The third-order valence-electron chi connectivity index (χ3n) is 6.59. The van der Waals surface area contributed by atoms with Crippen LogP contribution in [-0.4, -0.2) is 0 Å². The first kappa shape index (κ1) is 18.4. The van der Waals surface area contributed by atoms with Crippen molar-refractivity contribution in [2.75, 3.05) is 0 Å². The van der Waals surface area contributed by atoms with Gasteiger partial charge in [-0.05, 0) is 74.8 Å². The zero-order valence-electron chi connectivity index (χ0n) is 15.6. The summed E-state index contributed by atoms with van der Waals surface area (Å²) in [5, 5.41) is 0. The summed E-state index contributed by atoms with van der Waals surface area (Å²) in [5.41, 5.74) is 0.532. The molecule has 0 saturated heterocycles. The van der Waals surface area contributed by atoms with Crippen molar-refractivity contribution < 1.29 is 8.78 Å². The van der Waals surface area contributed by atoms with Gasteiger partial charge < -0.3 is 0 Å². The Bertz CT molecular complexity index is 636. The van der Waals surface area contributed by atoms with Crippen LogP contribution in [0.1, 0.15) is 75.8 Å². The average Bonchev–Trinajstić information content (AvgIpc) is 2.66. The Morgan fingerprint density at radius 1 is 0.880 bits per heavy atom. The second-order valence-corrected chi connectivity index (χ2v) is 8.13. The van der Waals surface area contributed by atoms with Gasteiger partial charge in [-0.25, -0.2) is 8.78 Å². The SMILES string of the molecule is CC[C@H]1CC[C@H](C2CCC(C#Cc3ccc(C)c(F)c3F)CC2)CC1. The first-order valence-electron chi connectivity index (χ1n) is 10.0. The molecule has 1 aromatic carbocycles. The normalized spacial score (nSPS) is 29.8. The van der Waals surface area contributed by atoms with Gasteiger partial charge in [-0.2, -0.15) is 0 Å². The van der Waals surface area contributed by atoms with E-state index in [4.69, 9.17) is 0 Å². The minimum absolute atomic E-state index is 0.197. The van der Waals surface area contributed by atoms with Gasteiger partial charge in [0.1, 0.15) is 0 Å². The third-order valence-corrected chi connectivity index (χ3v) is 6.59. The Labute approximate surface area is 151 Å². The van der Waals surface area contributed by atoms with Gasteiger partial charge in [-0.1, -0.05) is 44.1 Å². The van der Waals surface area contributed by atoms with E-state index in [1.807, 2.05) is 0 Å². The van der Waals surface area contributed by atoms with Crippen LogP contribution in [0.4, 0.5) is 8.78 Å². The number of halogens is 2. The van der Waals surface area contributed by atoms with Gasteiger partial charge in [0.2, 0.25) is 0 Å². The zero-order valence-corrected chi connectivity index (χ0v) is 15.6. The summed E-state index contributed by atoms with van der Waals surface area (Å²) in [4.78, 5) is 0. The molecule has 2 fully saturated rings. The molecule has 0 bridgehead atoms. The lowest BCUT2D eigenvalue weighted by Gasteiger charge is -2.36. The van der Waals surface area contributed by atoms with Crippen molar-refractivity contribution in [3.63, 3.8) is 0 Å². The fraction of sp³-hybridized carbons (Fsp3) is 0.652. The molecule has 0 spiro atoms. The molecule has 0 amide bonds.